The zero-order valence-electron chi connectivity index (χ0n) is 15.0. The second-order valence-corrected chi connectivity index (χ2v) is 6.15. The molecular formula is C19H18F3N3O3. The third-order valence-electron chi connectivity index (χ3n) is 4.28. The molecule has 1 N–H and O–H groups in total. The van der Waals surface area contributed by atoms with Crippen molar-refractivity contribution in [3.8, 4) is 5.75 Å². The number of carbonyl (C=O) groups excluding carboxylic acids is 2. The minimum Gasteiger partial charge on any atom is -0.495 e. The fourth-order valence-electron chi connectivity index (χ4n) is 2.95. The number of anilines is 2. The van der Waals surface area contributed by atoms with Gasteiger partial charge in [0.05, 0.1) is 18.4 Å². The lowest BCUT2D eigenvalue weighted by Gasteiger charge is -2.20. The molecule has 0 radical (unpaired) electrons. The lowest BCUT2D eigenvalue weighted by molar-refractivity contribution is -0.137. The second-order valence-electron chi connectivity index (χ2n) is 6.15. The Hall–Kier alpha value is -3.23. The van der Waals surface area contributed by atoms with E-state index in [0.29, 0.717) is 24.5 Å². The second kappa shape index (κ2) is 7.79. The van der Waals surface area contributed by atoms with Gasteiger partial charge in [0.15, 0.2) is 0 Å². The summed E-state index contributed by atoms with van der Waals surface area (Å²) in [5, 5.41) is 2.40. The number of amides is 3. The molecule has 6 nitrogen and oxygen atoms in total. The van der Waals surface area contributed by atoms with Crippen molar-refractivity contribution in [1.29, 1.82) is 0 Å². The Kier molecular flexibility index (Phi) is 5.43. The number of alkyl halides is 3. The van der Waals surface area contributed by atoms with E-state index in [1.165, 1.54) is 29.0 Å². The summed E-state index contributed by atoms with van der Waals surface area (Å²) in [5.74, 6) is -0.0410. The van der Waals surface area contributed by atoms with Crippen molar-refractivity contribution >= 4 is 23.3 Å². The molecule has 1 fully saturated rings. The highest BCUT2D eigenvalue weighted by Gasteiger charge is 2.33. The van der Waals surface area contributed by atoms with Crippen molar-refractivity contribution in [3.05, 3.63) is 54.1 Å². The number of carbonyl (C=O) groups is 2. The quantitative estimate of drug-likeness (QED) is 0.845. The number of rotatable bonds is 5. The maximum absolute atomic E-state index is 12.8. The molecule has 1 aliphatic heterocycles. The van der Waals surface area contributed by atoms with Crippen LogP contribution in [0.5, 0.6) is 5.75 Å². The predicted molar refractivity (Wildman–Crippen MR) is 97.4 cm³/mol. The molecule has 148 valence electrons. The Bertz CT molecular complexity index is 886. The molecule has 2 aromatic rings. The molecule has 3 rings (SSSR count). The van der Waals surface area contributed by atoms with Gasteiger partial charge in [0.1, 0.15) is 12.3 Å². The number of para-hydroxylation sites is 2. The number of urea groups is 1. The fourth-order valence-corrected chi connectivity index (χ4v) is 2.95. The van der Waals surface area contributed by atoms with Gasteiger partial charge in [-0.1, -0.05) is 18.2 Å². The minimum atomic E-state index is -4.50. The summed E-state index contributed by atoms with van der Waals surface area (Å²) < 4.78 is 43.6. The number of nitrogens with one attached hydrogen (secondary N) is 1. The Morgan fingerprint density at radius 3 is 2.61 bits per heavy atom. The molecule has 1 saturated heterocycles. The van der Waals surface area contributed by atoms with Crippen LogP contribution in [0.25, 0.3) is 0 Å². The predicted octanol–water partition coefficient (Wildman–Crippen LogP) is 3.59. The van der Waals surface area contributed by atoms with Crippen LogP contribution in [-0.4, -0.2) is 43.6 Å². The Morgan fingerprint density at radius 2 is 1.89 bits per heavy atom. The van der Waals surface area contributed by atoms with E-state index in [4.69, 9.17) is 4.74 Å². The molecule has 0 bridgehead atoms. The lowest BCUT2D eigenvalue weighted by Crippen LogP contribution is -2.37. The average Bonchev–Trinajstić information content (AvgIpc) is 3.01. The Balaban J connectivity index is 1.65. The summed E-state index contributed by atoms with van der Waals surface area (Å²) in [7, 11) is 1.50. The topological polar surface area (TPSA) is 61.9 Å². The van der Waals surface area contributed by atoms with Gasteiger partial charge in [-0.05, 0) is 30.3 Å². The van der Waals surface area contributed by atoms with Crippen molar-refractivity contribution in [2.75, 3.05) is 37.0 Å². The van der Waals surface area contributed by atoms with Gasteiger partial charge < -0.3 is 15.0 Å². The van der Waals surface area contributed by atoms with Crippen LogP contribution in [0.4, 0.5) is 29.3 Å². The summed E-state index contributed by atoms with van der Waals surface area (Å²) >= 11 is 0. The van der Waals surface area contributed by atoms with Crippen LogP contribution >= 0.6 is 0 Å². The summed E-state index contributed by atoms with van der Waals surface area (Å²) in [4.78, 5) is 27.7. The first-order valence-electron chi connectivity index (χ1n) is 8.46. The van der Waals surface area contributed by atoms with Gasteiger partial charge in [0, 0.05) is 18.8 Å². The smallest absolute Gasteiger partial charge is 0.416 e. The average molecular weight is 393 g/mol. The summed E-state index contributed by atoms with van der Waals surface area (Å²) in [5.41, 5.74) is -0.242. The molecule has 3 amide bonds. The monoisotopic (exact) mass is 393 g/mol. The molecule has 1 heterocycles. The number of benzene rings is 2. The summed E-state index contributed by atoms with van der Waals surface area (Å²) in [6.07, 6.45) is -4.50. The van der Waals surface area contributed by atoms with Gasteiger partial charge in [-0.2, -0.15) is 13.2 Å². The van der Waals surface area contributed by atoms with Crippen molar-refractivity contribution in [3.63, 3.8) is 0 Å². The first-order chi connectivity index (χ1) is 13.3. The molecule has 0 aromatic heterocycles. The first-order valence-corrected chi connectivity index (χ1v) is 8.46. The maximum Gasteiger partial charge on any atom is 0.416 e. The number of ether oxygens (including phenoxy) is 1. The highest BCUT2D eigenvalue weighted by atomic mass is 19.4. The van der Waals surface area contributed by atoms with Crippen LogP contribution in [0, 0.1) is 0 Å². The van der Waals surface area contributed by atoms with Crippen LogP contribution in [0.2, 0.25) is 0 Å². The van der Waals surface area contributed by atoms with Gasteiger partial charge in [0.25, 0.3) is 0 Å². The van der Waals surface area contributed by atoms with Gasteiger partial charge in [-0.15, -0.1) is 0 Å². The van der Waals surface area contributed by atoms with Crippen molar-refractivity contribution in [2.45, 2.75) is 6.18 Å². The number of hydrogen-bond acceptors (Lipinski definition) is 3. The van der Waals surface area contributed by atoms with E-state index in [9.17, 15) is 22.8 Å². The molecule has 0 atom stereocenters. The van der Waals surface area contributed by atoms with Crippen LogP contribution in [0.3, 0.4) is 0 Å². The van der Waals surface area contributed by atoms with E-state index >= 15 is 0 Å². The van der Waals surface area contributed by atoms with Gasteiger partial charge in [0.2, 0.25) is 5.91 Å². The minimum absolute atomic E-state index is 0.0213. The van der Waals surface area contributed by atoms with Crippen LogP contribution in [0.1, 0.15) is 5.56 Å². The van der Waals surface area contributed by atoms with E-state index in [0.717, 1.165) is 12.1 Å². The van der Waals surface area contributed by atoms with Crippen LogP contribution in [-0.2, 0) is 11.0 Å². The molecule has 28 heavy (non-hydrogen) atoms. The number of halogens is 3. The zero-order chi connectivity index (χ0) is 20.3. The van der Waals surface area contributed by atoms with Crippen LogP contribution in [0.15, 0.2) is 48.5 Å². The highest BCUT2D eigenvalue weighted by Crippen LogP contribution is 2.31. The third-order valence-corrected chi connectivity index (χ3v) is 4.28. The van der Waals surface area contributed by atoms with Crippen LogP contribution < -0.4 is 15.0 Å². The van der Waals surface area contributed by atoms with Crippen molar-refractivity contribution in [2.24, 2.45) is 0 Å². The Labute approximate surface area is 159 Å². The Morgan fingerprint density at radius 1 is 1.14 bits per heavy atom. The molecule has 0 aliphatic carbocycles. The largest absolute Gasteiger partial charge is 0.495 e. The molecular weight excluding hydrogens is 375 g/mol. The van der Waals surface area contributed by atoms with E-state index in [2.05, 4.69) is 5.32 Å². The molecule has 1 aliphatic rings. The molecule has 9 heteroatoms. The number of nitrogens with zero attached hydrogens (tertiary/aromatic N) is 2. The van der Waals surface area contributed by atoms with E-state index in [1.807, 2.05) is 0 Å². The first kappa shape index (κ1) is 19.5. The van der Waals surface area contributed by atoms with Gasteiger partial charge in [-0.3, -0.25) is 9.69 Å². The molecule has 2 aromatic carbocycles. The SMILES string of the molecule is COc1ccccc1N1CCN(CC(=O)Nc2cccc(C(F)(F)F)c2)C1=O. The number of hydrogen-bond donors (Lipinski definition) is 1. The third kappa shape index (κ3) is 4.19. The van der Waals surface area contributed by atoms with E-state index < -0.39 is 17.6 Å². The van der Waals surface area contributed by atoms with E-state index in [1.54, 1.807) is 24.3 Å². The van der Waals surface area contributed by atoms with Gasteiger partial charge >= 0.3 is 12.2 Å². The molecule has 0 saturated carbocycles. The zero-order valence-corrected chi connectivity index (χ0v) is 15.0. The standard InChI is InChI=1S/C19H18F3N3O3/c1-28-16-8-3-2-7-15(16)25-10-9-24(18(25)27)12-17(26)23-14-6-4-5-13(11-14)19(20,21)22/h2-8,11H,9-10,12H2,1H3,(H,23,26). The van der Waals surface area contributed by atoms with Crippen molar-refractivity contribution < 1.29 is 27.5 Å². The molecule has 0 unspecified atom stereocenters. The lowest BCUT2D eigenvalue weighted by atomic mass is 10.2. The fraction of sp³-hybridized carbons (Fsp3) is 0.263. The normalized spacial score (nSPS) is 14.4. The van der Waals surface area contributed by atoms with Gasteiger partial charge in [-0.25, -0.2) is 4.79 Å². The molecule has 0 spiro atoms. The number of methoxy groups -OCH3 is 1. The summed E-state index contributed by atoms with van der Waals surface area (Å²) in [6, 6.07) is 11.0. The van der Waals surface area contributed by atoms with E-state index in [-0.39, 0.29) is 18.3 Å². The summed E-state index contributed by atoms with van der Waals surface area (Å²) in [6.45, 7) is 0.420. The highest BCUT2D eigenvalue weighted by molar-refractivity contribution is 6.00. The maximum atomic E-state index is 12.8. The van der Waals surface area contributed by atoms with Crippen molar-refractivity contribution in [1.82, 2.24) is 4.90 Å².